The van der Waals surface area contributed by atoms with Gasteiger partial charge in [-0.3, -0.25) is 10.1 Å². The first-order chi connectivity index (χ1) is 12.1. The molecule has 2 aromatic heterocycles. The van der Waals surface area contributed by atoms with Gasteiger partial charge in [0.2, 0.25) is 11.7 Å². The summed E-state index contributed by atoms with van der Waals surface area (Å²) in [5, 5.41) is 14.7. The van der Waals surface area contributed by atoms with Crippen molar-refractivity contribution in [2.24, 2.45) is 7.05 Å². The zero-order valence-electron chi connectivity index (χ0n) is 13.3. The lowest BCUT2D eigenvalue weighted by Gasteiger charge is -1.97. The first-order valence-electron chi connectivity index (χ1n) is 7.57. The summed E-state index contributed by atoms with van der Waals surface area (Å²) < 4.78 is 7.24. The molecule has 0 N–H and O–H groups in total. The number of hydrogen-bond donors (Lipinski definition) is 0. The van der Waals surface area contributed by atoms with Crippen LogP contribution in [0, 0.1) is 10.1 Å². The van der Waals surface area contributed by atoms with Crippen LogP contribution in [0.25, 0.3) is 22.4 Å². The highest BCUT2D eigenvalue weighted by Gasteiger charge is 2.12. The van der Waals surface area contributed by atoms with Gasteiger partial charge in [0.05, 0.1) is 28.7 Å². The number of hydrogen-bond acceptors (Lipinski definition) is 6. The number of non-ortho nitro benzene ring substituents is 1. The minimum Gasteiger partial charge on any atom is -0.339 e. The lowest BCUT2D eigenvalue weighted by Crippen LogP contribution is -1.91. The summed E-state index contributed by atoms with van der Waals surface area (Å²) in [5.74, 6) is 0.939. The minimum atomic E-state index is -0.428. The van der Waals surface area contributed by atoms with Gasteiger partial charge in [-0.05, 0) is 23.8 Å². The molecule has 2 heterocycles. The average Bonchev–Trinajstić information content (AvgIpc) is 3.22. The van der Waals surface area contributed by atoms with Crippen molar-refractivity contribution in [3.05, 3.63) is 70.4 Å². The molecule has 8 heteroatoms. The van der Waals surface area contributed by atoms with E-state index >= 15 is 0 Å². The average molecular weight is 335 g/mol. The number of imidazole rings is 1. The highest BCUT2D eigenvalue weighted by molar-refractivity contribution is 5.80. The molecule has 8 nitrogen and oxygen atoms in total. The maximum absolute atomic E-state index is 10.7. The van der Waals surface area contributed by atoms with Crippen LogP contribution in [0.1, 0.15) is 11.5 Å². The van der Waals surface area contributed by atoms with Crippen LogP contribution in [-0.4, -0.2) is 24.6 Å². The van der Waals surface area contributed by atoms with Gasteiger partial charge in [0.1, 0.15) is 0 Å². The van der Waals surface area contributed by atoms with E-state index in [-0.39, 0.29) is 5.69 Å². The van der Waals surface area contributed by atoms with Crippen LogP contribution in [0.5, 0.6) is 0 Å². The standard InChI is InChI=1S/C17H13N5O3/c1-21-10-18-14-9-12(4-7-15(14)21)17-19-16(25-20-17)8-11-2-5-13(6-3-11)22(23)24/h2-7,9-10H,8H2,1H3. The third-order valence-electron chi connectivity index (χ3n) is 3.95. The SMILES string of the molecule is Cn1cnc2cc(-c3noc(Cc4ccc([N+](=O)[O-])cc4)n3)ccc21. The number of fused-ring (bicyclic) bond motifs is 1. The van der Waals surface area contributed by atoms with Crippen molar-refractivity contribution in [2.75, 3.05) is 0 Å². The number of nitrogens with zero attached hydrogens (tertiary/aromatic N) is 5. The normalized spacial score (nSPS) is 11.1. The van der Waals surface area contributed by atoms with Gasteiger partial charge in [-0.25, -0.2) is 4.98 Å². The van der Waals surface area contributed by atoms with E-state index in [0.717, 1.165) is 22.2 Å². The van der Waals surface area contributed by atoms with Gasteiger partial charge in [-0.15, -0.1) is 0 Å². The fraction of sp³-hybridized carbons (Fsp3) is 0.118. The van der Waals surface area contributed by atoms with E-state index in [1.165, 1.54) is 12.1 Å². The predicted octanol–water partition coefficient (Wildman–Crippen LogP) is 3.12. The smallest absolute Gasteiger partial charge is 0.269 e. The monoisotopic (exact) mass is 335 g/mol. The van der Waals surface area contributed by atoms with Crippen LogP contribution in [-0.2, 0) is 13.5 Å². The van der Waals surface area contributed by atoms with E-state index in [4.69, 9.17) is 4.52 Å². The third kappa shape index (κ3) is 2.85. The molecular weight excluding hydrogens is 322 g/mol. The topological polar surface area (TPSA) is 99.9 Å². The second-order valence-electron chi connectivity index (χ2n) is 5.67. The Balaban J connectivity index is 1.57. The number of aryl methyl sites for hydroxylation is 1. The van der Waals surface area contributed by atoms with Crippen LogP contribution in [0.4, 0.5) is 5.69 Å². The maximum Gasteiger partial charge on any atom is 0.269 e. The molecule has 25 heavy (non-hydrogen) atoms. The predicted molar refractivity (Wildman–Crippen MR) is 89.9 cm³/mol. The van der Waals surface area contributed by atoms with Crippen molar-refractivity contribution in [1.82, 2.24) is 19.7 Å². The summed E-state index contributed by atoms with van der Waals surface area (Å²) in [4.78, 5) is 19.0. The summed E-state index contributed by atoms with van der Waals surface area (Å²) in [7, 11) is 1.94. The summed E-state index contributed by atoms with van der Waals surface area (Å²) >= 11 is 0. The van der Waals surface area contributed by atoms with Crippen molar-refractivity contribution < 1.29 is 9.45 Å². The lowest BCUT2D eigenvalue weighted by atomic mass is 10.1. The van der Waals surface area contributed by atoms with E-state index in [9.17, 15) is 10.1 Å². The molecule has 0 aliphatic heterocycles. The molecule has 0 unspecified atom stereocenters. The highest BCUT2D eigenvalue weighted by Crippen LogP contribution is 2.22. The van der Waals surface area contributed by atoms with E-state index in [2.05, 4.69) is 15.1 Å². The van der Waals surface area contributed by atoms with Crippen molar-refractivity contribution >= 4 is 16.7 Å². The second kappa shape index (κ2) is 5.82. The first-order valence-corrected chi connectivity index (χ1v) is 7.57. The molecule has 0 radical (unpaired) electrons. The summed E-state index contributed by atoms with van der Waals surface area (Å²) in [6.07, 6.45) is 2.17. The second-order valence-corrected chi connectivity index (χ2v) is 5.67. The van der Waals surface area contributed by atoms with Crippen LogP contribution in [0.2, 0.25) is 0 Å². The van der Waals surface area contributed by atoms with E-state index in [0.29, 0.717) is 18.1 Å². The Bertz CT molecular complexity index is 1070. The molecule has 0 bridgehead atoms. The largest absolute Gasteiger partial charge is 0.339 e. The molecular formula is C17H13N5O3. The number of nitro groups is 1. The van der Waals surface area contributed by atoms with Gasteiger partial charge in [-0.2, -0.15) is 4.98 Å². The fourth-order valence-electron chi connectivity index (χ4n) is 2.63. The van der Waals surface area contributed by atoms with Gasteiger partial charge < -0.3 is 9.09 Å². The van der Waals surface area contributed by atoms with Crippen LogP contribution >= 0.6 is 0 Å². The van der Waals surface area contributed by atoms with Crippen LogP contribution in [0.3, 0.4) is 0 Å². The van der Waals surface area contributed by atoms with E-state index in [1.807, 2.05) is 29.8 Å². The zero-order chi connectivity index (χ0) is 17.4. The molecule has 0 aliphatic rings. The molecule has 4 rings (SSSR count). The Morgan fingerprint density at radius 3 is 2.76 bits per heavy atom. The van der Waals surface area contributed by atoms with Gasteiger partial charge in [0, 0.05) is 24.7 Å². The molecule has 4 aromatic rings. The number of aromatic nitrogens is 4. The highest BCUT2D eigenvalue weighted by atomic mass is 16.6. The van der Waals surface area contributed by atoms with Crippen molar-refractivity contribution in [3.8, 4) is 11.4 Å². The molecule has 124 valence electrons. The van der Waals surface area contributed by atoms with Crippen LogP contribution in [0.15, 0.2) is 53.3 Å². The number of benzene rings is 2. The first kappa shape index (κ1) is 15.0. The van der Waals surface area contributed by atoms with E-state index in [1.54, 1.807) is 18.5 Å². The quantitative estimate of drug-likeness (QED) is 0.419. The Hall–Kier alpha value is -3.55. The summed E-state index contributed by atoms with van der Waals surface area (Å²) in [6.45, 7) is 0. The minimum absolute atomic E-state index is 0.0543. The Labute approximate surface area is 141 Å². The molecule has 0 atom stereocenters. The number of nitro benzene ring substituents is 1. The molecule has 2 aromatic carbocycles. The van der Waals surface area contributed by atoms with Crippen molar-refractivity contribution in [3.63, 3.8) is 0 Å². The number of rotatable bonds is 4. The van der Waals surface area contributed by atoms with Crippen LogP contribution < -0.4 is 0 Å². The van der Waals surface area contributed by atoms with Crippen molar-refractivity contribution in [2.45, 2.75) is 6.42 Å². The molecule has 0 aliphatic carbocycles. The third-order valence-corrected chi connectivity index (χ3v) is 3.95. The Kier molecular flexibility index (Phi) is 3.50. The van der Waals surface area contributed by atoms with Gasteiger partial charge in [0.25, 0.3) is 5.69 Å². The van der Waals surface area contributed by atoms with E-state index < -0.39 is 4.92 Å². The molecule has 0 spiro atoms. The molecule has 0 amide bonds. The summed E-state index contributed by atoms with van der Waals surface area (Å²) in [6, 6.07) is 12.1. The van der Waals surface area contributed by atoms with Gasteiger partial charge >= 0.3 is 0 Å². The Morgan fingerprint density at radius 2 is 2.00 bits per heavy atom. The molecule has 0 saturated heterocycles. The van der Waals surface area contributed by atoms with Gasteiger partial charge in [0.15, 0.2) is 0 Å². The lowest BCUT2D eigenvalue weighted by molar-refractivity contribution is -0.384. The van der Waals surface area contributed by atoms with Crippen molar-refractivity contribution in [1.29, 1.82) is 0 Å². The fourth-order valence-corrected chi connectivity index (χ4v) is 2.63. The molecule has 0 saturated carbocycles. The van der Waals surface area contributed by atoms with Gasteiger partial charge in [-0.1, -0.05) is 17.3 Å². The summed E-state index contributed by atoms with van der Waals surface area (Å²) in [5.41, 5.74) is 3.63. The Morgan fingerprint density at radius 1 is 1.20 bits per heavy atom. The molecule has 0 fully saturated rings. The zero-order valence-corrected chi connectivity index (χ0v) is 13.3. The maximum atomic E-state index is 10.7.